The summed E-state index contributed by atoms with van der Waals surface area (Å²) in [5.74, 6) is 0. The Morgan fingerprint density at radius 2 is 2.11 bits per heavy atom. The molecule has 1 aliphatic rings. The number of nitrogens with one attached hydrogen (secondary N) is 1. The fraction of sp³-hybridized carbons (Fsp3) is 0.500. The number of aromatic nitrogens is 2. The Morgan fingerprint density at radius 3 is 2.63 bits per heavy atom. The molecule has 1 aromatic rings. The van der Waals surface area contributed by atoms with Crippen molar-refractivity contribution >= 4 is 0 Å². The van der Waals surface area contributed by atoms with Gasteiger partial charge in [0.05, 0.1) is 6.61 Å². The normalized spacial score (nSPS) is 30.2. The predicted octanol–water partition coefficient (Wildman–Crippen LogP) is -2.98. The van der Waals surface area contributed by atoms with Gasteiger partial charge in [0.1, 0.15) is 30.1 Å². The summed E-state index contributed by atoms with van der Waals surface area (Å²) < 4.78 is 5.85. The minimum Gasteiger partial charge on any atom is -0.394 e. The van der Waals surface area contributed by atoms with Crippen LogP contribution in [0.1, 0.15) is 11.9 Å². The van der Waals surface area contributed by atoms with E-state index in [4.69, 9.17) is 15.1 Å². The second kappa shape index (κ2) is 4.94. The van der Waals surface area contributed by atoms with Gasteiger partial charge in [-0.05, 0) is 0 Å². The van der Waals surface area contributed by atoms with Crippen LogP contribution >= 0.6 is 0 Å². The van der Waals surface area contributed by atoms with E-state index in [9.17, 15) is 19.8 Å². The molecule has 4 N–H and O–H groups in total. The van der Waals surface area contributed by atoms with Crippen molar-refractivity contribution in [2.45, 2.75) is 24.5 Å². The third-order valence-corrected chi connectivity index (χ3v) is 2.86. The zero-order chi connectivity index (χ0) is 14.2. The van der Waals surface area contributed by atoms with Crippen LogP contribution in [0.25, 0.3) is 0 Å². The van der Waals surface area contributed by atoms with Crippen molar-refractivity contribution in [2.75, 3.05) is 6.61 Å². The molecule has 0 amide bonds. The number of aromatic amines is 1. The van der Waals surface area contributed by atoms with E-state index in [1.165, 1.54) is 0 Å². The first-order chi connectivity index (χ1) is 8.99. The van der Waals surface area contributed by atoms with Crippen LogP contribution in [0.15, 0.2) is 15.7 Å². The van der Waals surface area contributed by atoms with Gasteiger partial charge in [0.25, 0.3) is 5.56 Å². The maximum absolute atomic E-state index is 11.7. The largest absolute Gasteiger partial charge is 0.394 e. The highest BCUT2D eigenvalue weighted by Crippen LogP contribution is 2.28. The summed E-state index contributed by atoms with van der Waals surface area (Å²) >= 11 is 0. The molecule has 9 heteroatoms. The van der Waals surface area contributed by atoms with Crippen molar-refractivity contribution in [3.63, 3.8) is 0 Å². The molecule has 0 bridgehead atoms. The number of aliphatic hydroxyl groups excluding tert-OH is 3. The summed E-state index contributed by atoms with van der Waals surface area (Å²) in [6.07, 6.45) is -5.34. The molecule has 1 aliphatic heterocycles. The molecular weight excluding hydrogens is 258 g/mol. The third kappa shape index (κ3) is 2.18. The molecule has 2 rings (SSSR count). The number of hydrogen-bond donors (Lipinski definition) is 4. The number of nitrogens with zero attached hydrogens (tertiary/aromatic N) is 2. The molecule has 1 fully saturated rings. The number of ether oxygens (including phenoxy) is 1. The quantitative estimate of drug-likeness (QED) is 0.447. The summed E-state index contributed by atoms with van der Waals surface area (Å²) in [7, 11) is 0. The van der Waals surface area contributed by atoms with Gasteiger partial charge in [0.2, 0.25) is 0 Å². The average Bonchev–Trinajstić information content (AvgIpc) is 2.65. The second-order valence-corrected chi connectivity index (χ2v) is 4.03. The Balaban J connectivity index is 2.52. The molecule has 2 heterocycles. The first kappa shape index (κ1) is 13.4. The smallest absolute Gasteiger partial charge is 0.331 e. The van der Waals surface area contributed by atoms with Crippen LogP contribution in [-0.4, -0.2) is 49.8 Å². The van der Waals surface area contributed by atoms with E-state index in [1.54, 1.807) is 6.07 Å². The Labute approximate surface area is 105 Å². The van der Waals surface area contributed by atoms with Crippen LogP contribution < -0.4 is 11.2 Å². The van der Waals surface area contributed by atoms with Crippen molar-refractivity contribution in [1.82, 2.24) is 9.55 Å². The van der Waals surface area contributed by atoms with Crippen molar-refractivity contribution in [3.05, 3.63) is 32.6 Å². The number of rotatable bonds is 2. The highest BCUT2D eigenvalue weighted by Gasteiger charge is 2.44. The van der Waals surface area contributed by atoms with Gasteiger partial charge in [0.15, 0.2) is 6.23 Å². The molecule has 19 heavy (non-hydrogen) atoms. The maximum atomic E-state index is 11.7. The van der Waals surface area contributed by atoms with Gasteiger partial charge >= 0.3 is 5.69 Å². The molecule has 0 saturated carbocycles. The van der Waals surface area contributed by atoms with Crippen molar-refractivity contribution in [1.29, 1.82) is 5.26 Å². The summed E-state index contributed by atoms with van der Waals surface area (Å²) in [5, 5.41) is 37.2. The minimum atomic E-state index is -1.51. The van der Waals surface area contributed by atoms with Crippen LogP contribution in [0.4, 0.5) is 0 Å². The topological polar surface area (TPSA) is 149 Å². The third-order valence-electron chi connectivity index (χ3n) is 2.86. The first-order valence-corrected chi connectivity index (χ1v) is 5.38. The highest BCUT2D eigenvalue weighted by atomic mass is 16.6. The number of aliphatic hydroxyl groups is 3. The fourth-order valence-corrected chi connectivity index (χ4v) is 1.94. The van der Waals surface area contributed by atoms with Crippen LogP contribution in [0.3, 0.4) is 0 Å². The van der Waals surface area contributed by atoms with Crippen molar-refractivity contribution in [2.24, 2.45) is 0 Å². The molecule has 1 aromatic heterocycles. The van der Waals surface area contributed by atoms with Crippen LogP contribution in [-0.2, 0) is 4.74 Å². The molecule has 4 atom stereocenters. The van der Waals surface area contributed by atoms with Gasteiger partial charge in [-0.25, -0.2) is 4.79 Å². The van der Waals surface area contributed by atoms with E-state index >= 15 is 0 Å². The van der Waals surface area contributed by atoms with Gasteiger partial charge < -0.3 is 20.1 Å². The van der Waals surface area contributed by atoms with E-state index in [1.807, 2.05) is 4.98 Å². The Hall–Kier alpha value is -1.99. The Morgan fingerprint density at radius 1 is 1.42 bits per heavy atom. The van der Waals surface area contributed by atoms with Crippen LogP contribution in [0.2, 0.25) is 0 Å². The molecule has 9 nitrogen and oxygen atoms in total. The highest BCUT2D eigenvalue weighted by molar-refractivity contribution is 5.19. The van der Waals surface area contributed by atoms with E-state index in [-0.39, 0.29) is 5.69 Å². The van der Waals surface area contributed by atoms with Gasteiger partial charge in [-0.2, -0.15) is 5.26 Å². The van der Waals surface area contributed by atoms with Crippen molar-refractivity contribution < 1.29 is 20.1 Å². The van der Waals surface area contributed by atoms with E-state index in [0.717, 1.165) is 10.6 Å². The van der Waals surface area contributed by atoms with Gasteiger partial charge in [-0.3, -0.25) is 14.3 Å². The Bertz CT molecular complexity index is 629. The summed E-state index contributed by atoms with van der Waals surface area (Å²) in [6, 6.07) is 2.50. The second-order valence-electron chi connectivity index (χ2n) is 4.03. The first-order valence-electron chi connectivity index (χ1n) is 5.38. The van der Waals surface area contributed by atoms with Gasteiger partial charge in [-0.1, -0.05) is 0 Å². The average molecular weight is 269 g/mol. The van der Waals surface area contributed by atoms with Crippen LogP contribution in [0, 0.1) is 11.3 Å². The molecule has 0 aromatic carbocycles. The SMILES string of the molecule is N#Cc1cc(=O)[nH]c(=O)n1[C@@H]1O[C@H](CO)[C@H](O)C1O. The maximum Gasteiger partial charge on any atom is 0.331 e. The number of nitriles is 1. The number of hydrogen-bond acceptors (Lipinski definition) is 7. The van der Waals surface area contributed by atoms with E-state index in [2.05, 4.69) is 0 Å². The van der Waals surface area contributed by atoms with E-state index in [0.29, 0.717) is 0 Å². The monoisotopic (exact) mass is 269 g/mol. The van der Waals surface area contributed by atoms with E-state index < -0.39 is 42.4 Å². The molecule has 1 saturated heterocycles. The lowest BCUT2D eigenvalue weighted by Crippen LogP contribution is -2.39. The lowest BCUT2D eigenvalue weighted by atomic mass is 10.1. The summed E-state index contributed by atoms with van der Waals surface area (Å²) in [4.78, 5) is 24.7. The zero-order valence-electron chi connectivity index (χ0n) is 9.55. The Kier molecular flexibility index (Phi) is 3.50. The lowest BCUT2D eigenvalue weighted by Gasteiger charge is -2.18. The van der Waals surface area contributed by atoms with Crippen LogP contribution in [0.5, 0.6) is 0 Å². The predicted molar refractivity (Wildman–Crippen MR) is 59.0 cm³/mol. The van der Waals surface area contributed by atoms with Gasteiger partial charge in [0, 0.05) is 6.07 Å². The molecule has 0 radical (unpaired) electrons. The molecule has 0 aliphatic carbocycles. The fourth-order valence-electron chi connectivity index (χ4n) is 1.94. The minimum absolute atomic E-state index is 0.316. The van der Waals surface area contributed by atoms with Gasteiger partial charge in [-0.15, -0.1) is 0 Å². The summed E-state index contributed by atoms with van der Waals surface area (Å²) in [6.45, 7) is -0.561. The molecule has 0 spiro atoms. The molecule has 1 unspecified atom stereocenters. The van der Waals surface area contributed by atoms with Crippen molar-refractivity contribution in [3.8, 4) is 6.07 Å². The standard InChI is InChI=1S/C10H11N3O6/c11-2-4-1-6(15)12-10(18)13(4)9-8(17)7(16)5(3-14)19-9/h1,5,7-9,14,16-17H,3H2,(H,12,15,18)/t5-,7+,8?,9-/m1/s1. The number of H-pyrrole nitrogens is 1. The zero-order valence-corrected chi connectivity index (χ0v) is 9.55. The molecule has 102 valence electrons. The molecular formula is C10H11N3O6. The lowest BCUT2D eigenvalue weighted by molar-refractivity contribution is -0.0554. The summed E-state index contributed by atoms with van der Waals surface area (Å²) in [5.41, 5.74) is -2.02.